The summed E-state index contributed by atoms with van der Waals surface area (Å²) >= 11 is 0. The molecule has 102 valence electrons. The third-order valence-corrected chi connectivity index (χ3v) is 3.90. The van der Waals surface area contributed by atoms with Crippen molar-refractivity contribution in [3.05, 3.63) is 41.7 Å². The molecule has 19 heavy (non-hydrogen) atoms. The van der Waals surface area contributed by atoms with Gasteiger partial charge in [-0.3, -0.25) is 4.72 Å². The summed E-state index contributed by atoms with van der Waals surface area (Å²) in [5.41, 5.74) is 6.44. The van der Waals surface area contributed by atoms with Crippen LogP contribution in [0.1, 0.15) is 11.3 Å². The van der Waals surface area contributed by atoms with Crippen LogP contribution >= 0.6 is 0 Å². The molecule has 0 aliphatic carbocycles. The van der Waals surface area contributed by atoms with Gasteiger partial charge >= 0.3 is 0 Å². The van der Waals surface area contributed by atoms with Gasteiger partial charge in [-0.05, 0) is 37.6 Å². The smallest absolute Gasteiger partial charge is 0.263 e. The summed E-state index contributed by atoms with van der Waals surface area (Å²) in [4.78, 5) is 0.175. The molecule has 0 bridgehead atoms. The first-order valence-corrected chi connectivity index (χ1v) is 7.25. The van der Waals surface area contributed by atoms with Crippen LogP contribution in [0.2, 0.25) is 0 Å². The number of hydrogen-bond acceptors (Lipinski definition) is 5. The molecule has 3 N–H and O–H groups in total. The topological polar surface area (TPSA) is 98.2 Å². The summed E-state index contributed by atoms with van der Waals surface area (Å²) in [6.45, 7) is 2.22. The zero-order valence-electron chi connectivity index (χ0n) is 10.5. The molecule has 0 radical (unpaired) electrons. The number of nitrogens with zero attached hydrogens (tertiary/aromatic N) is 1. The lowest BCUT2D eigenvalue weighted by molar-refractivity contribution is 0.400. The van der Waals surface area contributed by atoms with E-state index in [9.17, 15) is 8.42 Å². The van der Waals surface area contributed by atoms with Gasteiger partial charge in [0.05, 0.1) is 4.90 Å². The van der Waals surface area contributed by atoms with E-state index in [1.165, 1.54) is 6.07 Å². The Morgan fingerprint density at radius 3 is 2.53 bits per heavy atom. The van der Waals surface area contributed by atoms with Gasteiger partial charge in [0.25, 0.3) is 10.0 Å². The second kappa shape index (κ2) is 5.41. The Kier molecular flexibility index (Phi) is 3.87. The van der Waals surface area contributed by atoms with Crippen LogP contribution < -0.4 is 10.5 Å². The quantitative estimate of drug-likeness (QED) is 0.860. The van der Waals surface area contributed by atoms with E-state index in [2.05, 4.69) is 9.88 Å². The largest absolute Gasteiger partial charge is 0.360 e. The number of nitrogens with two attached hydrogens (primary N) is 1. The minimum absolute atomic E-state index is 0.170. The Morgan fingerprint density at radius 2 is 2.00 bits per heavy atom. The molecule has 0 unspecified atom stereocenters. The molecule has 1 heterocycles. The molecule has 2 aromatic rings. The summed E-state index contributed by atoms with van der Waals surface area (Å²) in [5.74, 6) is 0.708. The zero-order valence-corrected chi connectivity index (χ0v) is 11.3. The van der Waals surface area contributed by atoms with Gasteiger partial charge in [0, 0.05) is 6.07 Å². The molecule has 0 amide bonds. The van der Waals surface area contributed by atoms with E-state index < -0.39 is 10.0 Å². The van der Waals surface area contributed by atoms with Gasteiger partial charge in [-0.15, -0.1) is 0 Å². The highest BCUT2D eigenvalue weighted by molar-refractivity contribution is 7.92. The first-order chi connectivity index (χ1) is 9.01. The van der Waals surface area contributed by atoms with Crippen LogP contribution in [0.15, 0.2) is 39.8 Å². The molecule has 0 saturated heterocycles. The van der Waals surface area contributed by atoms with Gasteiger partial charge in [0.15, 0.2) is 5.82 Å². The number of aryl methyl sites for hydroxylation is 1. The fraction of sp³-hybridized carbons (Fsp3) is 0.250. The third kappa shape index (κ3) is 3.33. The van der Waals surface area contributed by atoms with Crippen molar-refractivity contribution in [3.63, 3.8) is 0 Å². The van der Waals surface area contributed by atoms with E-state index in [1.807, 2.05) is 0 Å². The van der Waals surface area contributed by atoms with Crippen molar-refractivity contribution in [3.8, 4) is 0 Å². The molecular formula is C12H15N3O3S. The Hall–Kier alpha value is -1.86. The summed E-state index contributed by atoms with van der Waals surface area (Å²) < 4.78 is 31.3. The number of hydrogen-bond donors (Lipinski definition) is 2. The first kappa shape index (κ1) is 13.6. The van der Waals surface area contributed by atoms with Gasteiger partial charge in [-0.1, -0.05) is 17.3 Å². The standard InChI is InChI=1S/C12H15N3O3S/c1-9-8-12(14-18-9)15-19(16,17)11-4-2-10(3-5-11)6-7-13/h2-5,8H,6-7,13H2,1H3,(H,14,15). The highest BCUT2D eigenvalue weighted by Crippen LogP contribution is 2.16. The van der Waals surface area contributed by atoms with Crippen molar-refractivity contribution in [2.45, 2.75) is 18.2 Å². The SMILES string of the molecule is Cc1cc(NS(=O)(=O)c2ccc(CCN)cc2)no1. The Bertz CT molecular complexity index is 647. The van der Waals surface area contributed by atoms with E-state index in [4.69, 9.17) is 10.3 Å². The maximum atomic E-state index is 12.1. The third-order valence-electron chi connectivity index (χ3n) is 2.53. The zero-order chi connectivity index (χ0) is 13.9. The van der Waals surface area contributed by atoms with Crippen molar-refractivity contribution >= 4 is 15.8 Å². The molecule has 1 aromatic carbocycles. The van der Waals surface area contributed by atoms with Crippen molar-refractivity contribution < 1.29 is 12.9 Å². The molecule has 1 aromatic heterocycles. The first-order valence-electron chi connectivity index (χ1n) is 5.76. The minimum atomic E-state index is -3.64. The average Bonchev–Trinajstić information content (AvgIpc) is 2.75. The monoisotopic (exact) mass is 281 g/mol. The Morgan fingerprint density at radius 1 is 1.32 bits per heavy atom. The molecule has 0 fully saturated rings. The summed E-state index contributed by atoms with van der Waals surface area (Å²) in [7, 11) is -3.64. The van der Waals surface area contributed by atoms with Crippen molar-refractivity contribution in [2.24, 2.45) is 5.73 Å². The number of anilines is 1. The summed E-state index contributed by atoms with van der Waals surface area (Å²) in [6, 6.07) is 8.09. The highest BCUT2D eigenvalue weighted by atomic mass is 32.2. The van der Waals surface area contributed by atoms with Crippen LogP contribution in [0.4, 0.5) is 5.82 Å². The maximum Gasteiger partial charge on any atom is 0.263 e. The second-order valence-electron chi connectivity index (χ2n) is 4.11. The lowest BCUT2D eigenvalue weighted by Gasteiger charge is -2.05. The van der Waals surface area contributed by atoms with Crippen molar-refractivity contribution in [2.75, 3.05) is 11.3 Å². The van der Waals surface area contributed by atoms with Crippen LogP contribution in [0.3, 0.4) is 0 Å². The minimum Gasteiger partial charge on any atom is -0.360 e. The molecule has 0 aliphatic heterocycles. The van der Waals surface area contributed by atoms with E-state index in [1.54, 1.807) is 31.2 Å². The highest BCUT2D eigenvalue weighted by Gasteiger charge is 2.15. The fourth-order valence-electron chi connectivity index (χ4n) is 1.61. The predicted molar refractivity (Wildman–Crippen MR) is 71.2 cm³/mol. The van der Waals surface area contributed by atoms with Gasteiger partial charge in [0.2, 0.25) is 0 Å². The van der Waals surface area contributed by atoms with Crippen molar-refractivity contribution in [1.29, 1.82) is 0 Å². The molecule has 0 atom stereocenters. The van der Waals surface area contributed by atoms with Crippen molar-refractivity contribution in [1.82, 2.24) is 5.16 Å². The number of sulfonamides is 1. The molecule has 0 spiro atoms. The van der Waals surface area contributed by atoms with Gasteiger partial charge < -0.3 is 10.3 Å². The average molecular weight is 281 g/mol. The van der Waals surface area contributed by atoms with E-state index in [0.29, 0.717) is 12.3 Å². The molecular weight excluding hydrogens is 266 g/mol. The lowest BCUT2D eigenvalue weighted by atomic mass is 10.2. The van der Waals surface area contributed by atoms with Gasteiger partial charge in [-0.25, -0.2) is 8.42 Å². The van der Waals surface area contributed by atoms with Gasteiger partial charge in [-0.2, -0.15) is 0 Å². The second-order valence-corrected chi connectivity index (χ2v) is 5.79. The Balaban J connectivity index is 2.19. The summed E-state index contributed by atoms with van der Waals surface area (Å²) in [6.07, 6.45) is 0.718. The van der Waals surface area contributed by atoms with Gasteiger partial charge in [0.1, 0.15) is 5.76 Å². The fourth-order valence-corrected chi connectivity index (χ4v) is 2.60. The summed E-state index contributed by atoms with van der Waals surface area (Å²) in [5, 5.41) is 3.59. The van der Waals surface area contributed by atoms with Crippen LogP contribution in [0.5, 0.6) is 0 Å². The van der Waals surface area contributed by atoms with Crippen LogP contribution in [-0.4, -0.2) is 20.1 Å². The van der Waals surface area contributed by atoms with E-state index in [-0.39, 0.29) is 10.7 Å². The van der Waals surface area contributed by atoms with E-state index >= 15 is 0 Å². The maximum absolute atomic E-state index is 12.1. The molecule has 0 saturated carbocycles. The molecule has 7 heteroatoms. The normalized spacial score (nSPS) is 11.5. The number of rotatable bonds is 5. The number of aromatic nitrogens is 1. The molecule has 2 rings (SSSR count). The number of nitrogens with one attached hydrogen (secondary N) is 1. The van der Waals surface area contributed by atoms with Crippen LogP contribution in [-0.2, 0) is 16.4 Å². The van der Waals surface area contributed by atoms with E-state index in [0.717, 1.165) is 12.0 Å². The Labute approximate surface area is 111 Å². The molecule has 6 nitrogen and oxygen atoms in total. The van der Waals surface area contributed by atoms with Crippen LogP contribution in [0, 0.1) is 6.92 Å². The number of benzene rings is 1. The lowest BCUT2D eigenvalue weighted by Crippen LogP contribution is -2.13. The molecule has 0 aliphatic rings. The van der Waals surface area contributed by atoms with Crippen LogP contribution in [0.25, 0.3) is 0 Å². The predicted octanol–water partition coefficient (Wildman–Crippen LogP) is 1.29.